The summed E-state index contributed by atoms with van der Waals surface area (Å²) in [5.74, 6) is -0.250. The third kappa shape index (κ3) is 4.23. The van der Waals surface area contributed by atoms with E-state index >= 15 is 0 Å². The highest BCUT2D eigenvalue weighted by molar-refractivity contribution is 5.59. The van der Waals surface area contributed by atoms with E-state index in [1.54, 1.807) is 6.07 Å². The van der Waals surface area contributed by atoms with Crippen molar-refractivity contribution in [1.29, 1.82) is 0 Å². The number of nitrogens with one attached hydrogen (secondary N) is 1. The van der Waals surface area contributed by atoms with Crippen molar-refractivity contribution in [2.75, 3.05) is 13.6 Å². The van der Waals surface area contributed by atoms with Gasteiger partial charge in [0.2, 0.25) is 0 Å². The molecule has 0 unspecified atom stereocenters. The van der Waals surface area contributed by atoms with Crippen LogP contribution in [0.25, 0.3) is 11.3 Å². The Morgan fingerprint density at radius 3 is 2.83 bits per heavy atom. The normalized spacial score (nSPS) is 11.1. The fraction of sp³-hybridized carbons (Fsp3) is 0.222. The summed E-state index contributed by atoms with van der Waals surface area (Å²) in [5.41, 5.74) is 3.64. The molecule has 0 aliphatic carbocycles. The third-order valence-corrected chi connectivity index (χ3v) is 3.67. The van der Waals surface area contributed by atoms with Crippen molar-refractivity contribution < 1.29 is 4.39 Å². The van der Waals surface area contributed by atoms with E-state index in [0.29, 0.717) is 0 Å². The average molecular weight is 310 g/mol. The molecule has 2 aromatic heterocycles. The quantitative estimate of drug-likeness (QED) is 0.760. The lowest BCUT2D eigenvalue weighted by atomic mass is 10.1. The van der Waals surface area contributed by atoms with Gasteiger partial charge in [-0.1, -0.05) is 18.2 Å². The minimum Gasteiger partial charge on any atom is -0.300 e. The molecule has 0 saturated heterocycles. The molecule has 2 heterocycles. The number of aromatic amines is 1. The number of nitrogens with zero attached hydrogens (tertiary/aromatic N) is 3. The summed E-state index contributed by atoms with van der Waals surface area (Å²) in [5, 5.41) is 7.29. The maximum absolute atomic E-state index is 13.3. The van der Waals surface area contributed by atoms with Gasteiger partial charge in [0.05, 0.1) is 5.69 Å². The Hall–Kier alpha value is -2.53. The van der Waals surface area contributed by atoms with Gasteiger partial charge < -0.3 is 4.90 Å². The fourth-order valence-corrected chi connectivity index (χ4v) is 2.46. The summed E-state index contributed by atoms with van der Waals surface area (Å²) >= 11 is 0. The van der Waals surface area contributed by atoms with Gasteiger partial charge in [-0.2, -0.15) is 5.10 Å². The van der Waals surface area contributed by atoms with Crippen LogP contribution < -0.4 is 0 Å². The Labute approximate surface area is 135 Å². The first-order chi connectivity index (χ1) is 11.2. The highest BCUT2D eigenvalue weighted by Crippen LogP contribution is 2.19. The standard InChI is InChI=1S/C18H19FN4/c1-23(10-8-16-7-2-3-9-20-16)13-17-12-18(22-21-17)14-5-4-6-15(19)11-14/h2-7,9,11-12H,8,10,13H2,1H3,(H,21,22). The molecule has 3 aromatic rings. The van der Waals surface area contributed by atoms with Gasteiger partial charge in [-0.15, -0.1) is 0 Å². The minimum atomic E-state index is -0.250. The molecule has 0 aliphatic heterocycles. The molecule has 1 N–H and O–H groups in total. The Bertz CT molecular complexity index is 754. The fourth-order valence-electron chi connectivity index (χ4n) is 2.46. The second-order valence-corrected chi connectivity index (χ2v) is 5.60. The lowest BCUT2D eigenvalue weighted by Gasteiger charge is -2.14. The molecular weight excluding hydrogens is 291 g/mol. The van der Waals surface area contributed by atoms with Gasteiger partial charge in [-0.3, -0.25) is 10.1 Å². The molecule has 0 atom stereocenters. The SMILES string of the molecule is CN(CCc1ccccn1)Cc1cc(-c2cccc(F)c2)n[nH]1. The predicted molar refractivity (Wildman–Crippen MR) is 88.3 cm³/mol. The Kier molecular flexibility index (Phi) is 4.78. The van der Waals surface area contributed by atoms with Crippen LogP contribution in [-0.4, -0.2) is 33.7 Å². The summed E-state index contributed by atoms with van der Waals surface area (Å²) in [6.07, 6.45) is 2.72. The second-order valence-electron chi connectivity index (χ2n) is 5.60. The van der Waals surface area contributed by atoms with Crippen LogP contribution in [0.1, 0.15) is 11.4 Å². The molecule has 0 aliphatic rings. The highest BCUT2D eigenvalue weighted by atomic mass is 19.1. The van der Waals surface area contributed by atoms with Crippen LogP contribution in [0.2, 0.25) is 0 Å². The van der Waals surface area contributed by atoms with Crippen molar-refractivity contribution in [2.45, 2.75) is 13.0 Å². The minimum absolute atomic E-state index is 0.250. The zero-order chi connectivity index (χ0) is 16.1. The van der Waals surface area contributed by atoms with Crippen molar-refractivity contribution in [3.63, 3.8) is 0 Å². The van der Waals surface area contributed by atoms with Crippen molar-refractivity contribution in [3.8, 4) is 11.3 Å². The molecule has 5 heteroatoms. The molecule has 0 fully saturated rings. The van der Waals surface area contributed by atoms with E-state index in [0.717, 1.165) is 42.2 Å². The maximum atomic E-state index is 13.3. The summed E-state index contributed by atoms with van der Waals surface area (Å²) in [6, 6.07) is 14.4. The molecule has 0 bridgehead atoms. The Morgan fingerprint density at radius 1 is 1.13 bits per heavy atom. The first-order valence-electron chi connectivity index (χ1n) is 7.59. The number of aromatic nitrogens is 3. The second kappa shape index (κ2) is 7.15. The predicted octanol–water partition coefficient (Wildman–Crippen LogP) is 3.29. The smallest absolute Gasteiger partial charge is 0.123 e. The monoisotopic (exact) mass is 310 g/mol. The number of benzene rings is 1. The topological polar surface area (TPSA) is 44.8 Å². The summed E-state index contributed by atoms with van der Waals surface area (Å²) < 4.78 is 13.3. The molecule has 4 nitrogen and oxygen atoms in total. The van der Waals surface area contributed by atoms with Gasteiger partial charge in [0, 0.05) is 42.7 Å². The molecule has 23 heavy (non-hydrogen) atoms. The van der Waals surface area contributed by atoms with E-state index in [9.17, 15) is 4.39 Å². The van der Waals surface area contributed by atoms with E-state index in [1.165, 1.54) is 12.1 Å². The molecule has 0 amide bonds. The lowest BCUT2D eigenvalue weighted by Crippen LogP contribution is -2.21. The average Bonchev–Trinajstić information content (AvgIpc) is 3.02. The molecule has 3 rings (SSSR count). The van der Waals surface area contributed by atoms with Gasteiger partial charge in [-0.25, -0.2) is 4.39 Å². The van der Waals surface area contributed by atoms with Crippen LogP contribution in [-0.2, 0) is 13.0 Å². The number of halogens is 1. The molecule has 0 radical (unpaired) electrons. The molecule has 1 aromatic carbocycles. The van der Waals surface area contributed by atoms with Crippen LogP contribution in [0.3, 0.4) is 0 Å². The van der Waals surface area contributed by atoms with Crippen molar-refractivity contribution >= 4 is 0 Å². The first kappa shape index (κ1) is 15.4. The Balaban J connectivity index is 1.58. The van der Waals surface area contributed by atoms with E-state index in [1.807, 2.05) is 36.5 Å². The molecule has 0 spiro atoms. The van der Waals surface area contributed by atoms with Crippen molar-refractivity contribution in [1.82, 2.24) is 20.1 Å². The number of H-pyrrole nitrogens is 1. The van der Waals surface area contributed by atoms with Gasteiger partial charge in [0.1, 0.15) is 5.82 Å². The largest absolute Gasteiger partial charge is 0.300 e. The number of pyridine rings is 1. The van der Waals surface area contributed by atoms with Gasteiger partial charge in [0.15, 0.2) is 0 Å². The van der Waals surface area contributed by atoms with Crippen LogP contribution in [0, 0.1) is 5.82 Å². The van der Waals surface area contributed by atoms with Gasteiger partial charge in [-0.05, 0) is 37.4 Å². The first-order valence-corrected chi connectivity index (χ1v) is 7.59. The summed E-state index contributed by atoms with van der Waals surface area (Å²) in [6.45, 7) is 1.67. The molecule has 118 valence electrons. The highest BCUT2D eigenvalue weighted by Gasteiger charge is 2.07. The molecule has 0 saturated carbocycles. The van der Waals surface area contributed by atoms with Crippen LogP contribution in [0.4, 0.5) is 4.39 Å². The number of hydrogen-bond acceptors (Lipinski definition) is 3. The van der Waals surface area contributed by atoms with Gasteiger partial charge >= 0.3 is 0 Å². The van der Waals surface area contributed by atoms with Crippen LogP contribution in [0.15, 0.2) is 54.7 Å². The van der Waals surface area contributed by atoms with E-state index < -0.39 is 0 Å². The van der Waals surface area contributed by atoms with Crippen molar-refractivity contribution in [2.24, 2.45) is 0 Å². The van der Waals surface area contributed by atoms with Crippen LogP contribution >= 0.6 is 0 Å². The van der Waals surface area contributed by atoms with E-state index in [2.05, 4.69) is 27.1 Å². The Morgan fingerprint density at radius 2 is 2.04 bits per heavy atom. The summed E-state index contributed by atoms with van der Waals surface area (Å²) in [4.78, 5) is 6.53. The zero-order valence-electron chi connectivity index (χ0n) is 13.0. The van der Waals surface area contributed by atoms with Crippen LogP contribution in [0.5, 0.6) is 0 Å². The van der Waals surface area contributed by atoms with Crippen molar-refractivity contribution in [3.05, 3.63) is 71.9 Å². The van der Waals surface area contributed by atoms with Gasteiger partial charge in [0.25, 0.3) is 0 Å². The number of likely N-dealkylation sites (N-methyl/N-ethyl adjacent to an activating group) is 1. The lowest BCUT2D eigenvalue weighted by molar-refractivity contribution is 0.326. The van der Waals surface area contributed by atoms with E-state index in [-0.39, 0.29) is 5.82 Å². The summed E-state index contributed by atoms with van der Waals surface area (Å²) in [7, 11) is 2.06. The number of rotatable bonds is 6. The number of hydrogen-bond donors (Lipinski definition) is 1. The maximum Gasteiger partial charge on any atom is 0.123 e. The zero-order valence-corrected chi connectivity index (χ0v) is 13.0. The van der Waals surface area contributed by atoms with E-state index in [4.69, 9.17) is 0 Å². The third-order valence-electron chi connectivity index (χ3n) is 3.67. The molecular formula is C18H19FN4.